The second-order valence-corrected chi connectivity index (χ2v) is 6.64. The lowest BCUT2D eigenvalue weighted by Crippen LogP contribution is -2.48. The van der Waals surface area contributed by atoms with Crippen LogP contribution < -0.4 is 4.90 Å². The fraction of sp³-hybridized carbons (Fsp3) is 0.300. The molecule has 2 heterocycles. The van der Waals surface area contributed by atoms with E-state index in [1.165, 1.54) is 12.1 Å². The first-order valence-corrected chi connectivity index (χ1v) is 8.78. The number of benzene rings is 2. The topological polar surface area (TPSA) is 41.4 Å². The Hall–Kier alpha value is -2.89. The SMILES string of the molecule is CC(=O)N1CCN(c2ccc(-n3c(C)nc4ccc(F)cc43)cc2)CC1. The third kappa shape index (κ3) is 2.92. The number of aromatic nitrogens is 2. The first-order chi connectivity index (χ1) is 12.5. The van der Waals surface area contributed by atoms with Crippen molar-refractivity contribution in [2.45, 2.75) is 13.8 Å². The molecule has 1 aromatic heterocycles. The summed E-state index contributed by atoms with van der Waals surface area (Å²) in [5.74, 6) is 0.696. The molecular weight excluding hydrogens is 331 g/mol. The number of imidazole rings is 1. The normalized spacial score (nSPS) is 14.9. The van der Waals surface area contributed by atoms with E-state index in [1.54, 1.807) is 13.0 Å². The second kappa shape index (κ2) is 6.44. The molecule has 0 N–H and O–H groups in total. The summed E-state index contributed by atoms with van der Waals surface area (Å²) >= 11 is 0. The average Bonchev–Trinajstić information content (AvgIpc) is 2.97. The largest absolute Gasteiger partial charge is 0.368 e. The highest BCUT2D eigenvalue weighted by molar-refractivity contribution is 5.78. The van der Waals surface area contributed by atoms with Crippen LogP contribution in [0.25, 0.3) is 16.7 Å². The van der Waals surface area contributed by atoms with Crippen LogP contribution >= 0.6 is 0 Å². The quantitative estimate of drug-likeness (QED) is 0.711. The van der Waals surface area contributed by atoms with E-state index in [-0.39, 0.29) is 11.7 Å². The van der Waals surface area contributed by atoms with Crippen LogP contribution in [0.5, 0.6) is 0 Å². The van der Waals surface area contributed by atoms with Crippen molar-refractivity contribution >= 4 is 22.6 Å². The number of halogens is 1. The van der Waals surface area contributed by atoms with Crippen LogP contribution in [0.3, 0.4) is 0 Å². The molecule has 0 atom stereocenters. The molecule has 5 nitrogen and oxygen atoms in total. The molecule has 0 unspecified atom stereocenters. The monoisotopic (exact) mass is 352 g/mol. The third-order valence-electron chi connectivity index (χ3n) is 4.98. The molecule has 1 aliphatic heterocycles. The summed E-state index contributed by atoms with van der Waals surface area (Å²) in [6, 6.07) is 12.9. The summed E-state index contributed by atoms with van der Waals surface area (Å²) in [6.07, 6.45) is 0. The third-order valence-corrected chi connectivity index (χ3v) is 4.98. The van der Waals surface area contributed by atoms with Crippen LogP contribution in [-0.4, -0.2) is 46.5 Å². The molecule has 26 heavy (non-hydrogen) atoms. The molecule has 1 aliphatic rings. The standard InChI is InChI=1S/C20H21FN4O/c1-14-22-19-8-3-16(21)13-20(19)25(14)18-6-4-17(5-7-18)24-11-9-23(10-12-24)15(2)26/h3-8,13H,9-12H2,1-2H3. The number of carbonyl (C=O) groups is 1. The van der Waals surface area contributed by atoms with Crippen LogP contribution in [-0.2, 0) is 4.79 Å². The Morgan fingerprint density at radius 1 is 1.00 bits per heavy atom. The smallest absolute Gasteiger partial charge is 0.219 e. The predicted octanol–water partition coefficient (Wildman–Crippen LogP) is 3.14. The van der Waals surface area contributed by atoms with Crippen molar-refractivity contribution in [2.24, 2.45) is 0 Å². The second-order valence-electron chi connectivity index (χ2n) is 6.64. The van der Waals surface area contributed by atoms with Crippen molar-refractivity contribution in [3.63, 3.8) is 0 Å². The van der Waals surface area contributed by atoms with E-state index in [0.717, 1.165) is 54.4 Å². The van der Waals surface area contributed by atoms with Gasteiger partial charge in [0.2, 0.25) is 5.91 Å². The lowest BCUT2D eigenvalue weighted by molar-refractivity contribution is -0.129. The van der Waals surface area contributed by atoms with Gasteiger partial charge in [-0.2, -0.15) is 0 Å². The van der Waals surface area contributed by atoms with Gasteiger partial charge in [0.25, 0.3) is 0 Å². The molecule has 0 bridgehead atoms. The minimum absolute atomic E-state index is 0.134. The van der Waals surface area contributed by atoms with Gasteiger partial charge in [-0.15, -0.1) is 0 Å². The Labute approximate surface area is 151 Å². The Bertz CT molecular complexity index is 956. The van der Waals surface area contributed by atoms with E-state index in [4.69, 9.17) is 0 Å². The summed E-state index contributed by atoms with van der Waals surface area (Å²) in [6.45, 7) is 6.70. The van der Waals surface area contributed by atoms with Gasteiger partial charge in [-0.05, 0) is 43.3 Å². The van der Waals surface area contributed by atoms with E-state index in [9.17, 15) is 9.18 Å². The van der Waals surface area contributed by atoms with Crippen molar-refractivity contribution in [3.05, 3.63) is 54.1 Å². The summed E-state index contributed by atoms with van der Waals surface area (Å²) in [7, 11) is 0. The van der Waals surface area contributed by atoms with Crippen LogP contribution in [0.1, 0.15) is 12.7 Å². The number of piperazine rings is 1. The molecule has 0 aliphatic carbocycles. The van der Waals surface area contributed by atoms with Crippen LogP contribution in [0.4, 0.5) is 10.1 Å². The Morgan fingerprint density at radius 3 is 2.31 bits per heavy atom. The molecule has 0 saturated carbocycles. The molecule has 1 amide bonds. The van der Waals surface area contributed by atoms with E-state index in [1.807, 2.05) is 28.5 Å². The molecule has 0 radical (unpaired) electrons. The van der Waals surface area contributed by atoms with Crippen LogP contribution in [0, 0.1) is 12.7 Å². The van der Waals surface area contributed by atoms with Crippen molar-refractivity contribution in [3.8, 4) is 5.69 Å². The lowest BCUT2D eigenvalue weighted by Gasteiger charge is -2.35. The molecule has 1 saturated heterocycles. The zero-order chi connectivity index (χ0) is 18.3. The number of nitrogens with zero attached hydrogens (tertiary/aromatic N) is 4. The van der Waals surface area contributed by atoms with Gasteiger partial charge in [0.05, 0.1) is 11.0 Å². The number of rotatable bonds is 2. The highest BCUT2D eigenvalue weighted by atomic mass is 19.1. The van der Waals surface area contributed by atoms with Crippen LogP contribution in [0.15, 0.2) is 42.5 Å². The average molecular weight is 352 g/mol. The van der Waals surface area contributed by atoms with Gasteiger partial charge in [-0.25, -0.2) is 9.37 Å². The lowest BCUT2D eigenvalue weighted by atomic mass is 10.2. The van der Waals surface area contributed by atoms with Crippen molar-refractivity contribution in [1.82, 2.24) is 14.5 Å². The maximum absolute atomic E-state index is 13.7. The van der Waals surface area contributed by atoms with Gasteiger partial charge in [0.15, 0.2) is 0 Å². The number of carbonyl (C=O) groups excluding carboxylic acids is 1. The molecular formula is C20H21FN4O. The predicted molar refractivity (Wildman–Crippen MR) is 100 cm³/mol. The summed E-state index contributed by atoms with van der Waals surface area (Å²) < 4.78 is 15.6. The van der Waals surface area contributed by atoms with Crippen molar-refractivity contribution in [1.29, 1.82) is 0 Å². The molecule has 6 heteroatoms. The van der Waals surface area contributed by atoms with Crippen LogP contribution in [0.2, 0.25) is 0 Å². The molecule has 2 aromatic carbocycles. The van der Waals surface area contributed by atoms with E-state index in [2.05, 4.69) is 22.0 Å². The Morgan fingerprint density at radius 2 is 1.65 bits per heavy atom. The zero-order valence-corrected chi connectivity index (χ0v) is 14.9. The van der Waals surface area contributed by atoms with Gasteiger partial charge >= 0.3 is 0 Å². The Kier molecular flexibility index (Phi) is 4.11. The van der Waals surface area contributed by atoms with E-state index < -0.39 is 0 Å². The molecule has 4 rings (SSSR count). The molecule has 134 valence electrons. The molecule has 0 spiro atoms. The summed E-state index contributed by atoms with van der Waals surface area (Å²) in [4.78, 5) is 20.1. The van der Waals surface area contributed by atoms with Gasteiger partial charge in [0, 0.05) is 50.5 Å². The van der Waals surface area contributed by atoms with Gasteiger partial charge in [-0.3, -0.25) is 9.36 Å². The fourth-order valence-corrected chi connectivity index (χ4v) is 3.59. The highest BCUT2D eigenvalue weighted by Gasteiger charge is 2.19. The maximum atomic E-state index is 13.7. The molecule has 1 fully saturated rings. The maximum Gasteiger partial charge on any atom is 0.219 e. The van der Waals surface area contributed by atoms with E-state index >= 15 is 0 Å². The minimum atomic E-state index is -0.265. The van der Waals surface area contributed by atoms with E-state index in [0.29, 0.717) is 0 Å². The zero-order valence-electron chi connectivity index (χ0n) is 14.9. The number of fused-ring (bicyclic) bond motifs is 1. The fourth-order valence-electron chi connectivity index (χ4n) is 3.59. The van der Waals surface area contributed by atoms with Gasteiger partial charge in [0.1, 0.15) is 11.6 Å². The first-order valence-electron chi connectivity index (χ1n) is 8.78. The number of anilines is 1. The summed E-state index contributed by atoms with van der Waals surface area (Å²) in [5, 5.41) is 0. The number of aryl methyl sites for hydroxylation is 1. The van der Waals surface area contributed by atoms with Gasteiger partial charge in [-0.1, -0.05) is 0 Å². The molecule has 3 aromatic rings. The minimum Gasteiger partial charge on any atom is -0.368 e. The van der Waals surface area contributed by atoms with Crippen molar-refractivity contribution in [2.75, 3.05) is 31.1 Å². The number of hydrogen-bond acceptors (Lipinski definition) is 3. The summed E-state index contributed by atoms with van der Waals surface area (Å²) in [5.41, 5.74) is 3.64. The highest BCUT2D eigenvalue weighted by Crippen LogP contribution is 2.24. The first kappa shape index (κ1) is 16.6. The number of amides is 1. The Balaban J connectivity index is 1.60. The number of hydrogen-bond donors (Lipinski definition) is 0. The van der Waals surface area contributed by atoms with Crippen molar-refractivity contribution < 1.29 is 9.18 Å². The van der Waals surface area contributed by atoms with Gasteiger partial charge < -0.3 is 9.80 Å².